The smallest absolute Gasteiger partial charge is 0.180 e. The van der Waals surface area contributed by atoms with E-state index in [1.807, 2.05) is 0 Å². The summed E-state index contributed by atoms with van der Waals surface area (Å²) in [6.07, 6.45) is 5.17. The normalized spacial score (nSPS) is 26.2. The third kappa shape index (κ3) is 2.57. The van der Waals surface area contributed by atoms with Crippen LogP contribution in [-0.2, 0) is 11.2 Å². The van der Waals surface area contributed by atoms with E-state index in [-0.39, 0.29) is 6.10 Å². The molecule has 1 saturated heterocycles. The van der Waals surface area contributed by atoms with Crippen molar-refractivity contribution in [1.82, 2.24) is 20.1 Å². The van der Waals surface area contributed by atoms with Crippen molar-refractivity contribution >= 4 is 0 Å². The number of hydrogen-bond donors (Lipinski definition) is 1. The van der Waals surface area contributed by atoms with E-state index in [4.69, 9.17) is 4.74 Å². The maximum atomic E-state index is 5.80. The quantitative estimate of drug-likeness (QED) is 0.880. The van der Waals surface area contributed by atoms with Crippen LogP contribution in [0.2, 0.25) is 0 Å². The molecule has 5 heteroatoms. The summed E-state index contributed by atoms with van der Waals surface area (Å²) in [6, 6.07) is 0. The molecule has 1 aromatic rings. The minimum Gasteiger partial charge on any atom is -0.367 e. The van der Waals surface area contributed by atoms with Crippen LogP contribution in [0.1, 0.15) is 43.9 Å². The molecule has 2 aliphatic rings. The minimum absolute atomic E-state index is 0.0513. The summed E-state index contributed by atoms with van der Waals surface area (Å²) in [5.74, 6) is 2.69. The van der Waals surface area contributed by atoms with Crippen LogP contribution in [0.25, 0.3) is 0 Å². The Morgan fingerprint density at radius 2 is 2.33 bits per heavy atom. The summed E-state index contributed by atoms with van der Waals surface area (Å²) in [6.45, 7) is 6.10. The summed E-state index contributed by atoms with van der Waals surface area (Å²) < 4.78 is 5.80. The van der Waals surface area contributed by atoms with Gasteiger partial charge in [-0.25, -0.2) is 4.98 Å². The van der Waals surface area contributed by atoms with Gasteiger partial charge >= 0.3 is 0 Å². The maximum absolute atomic E-state index is 5.80. The van der Waals surface area contributed by atoms with Gasteiger partial charge in [-0.2, -0.15) is 5.10 Å². The molecule has 1 aliphatic heterocycles. The minimum atomic E-state index is 0.0513. The van der Waals surface area contributed by atoms with Crippen molar-refractivity contribution in [1.29, 1.82) is 0 Å². The van der Waals surface area contributed by atoms with Gasteiger partial charge in [0.15, 0.2) is 5.82 Å². The Kier molecular flexibility index (Phi) is 3.61. The van der Waals surface area contributed by atoms with Crippen molar-refractivity contribution in [2.45, 2.75) is 38.7 Å². The highest BCUT2D eigenvalue weighted by Crippen LogP contribution is 2.29. The third-order valence-corrected chi connectivity index (χ3v) is 4.06. The lowest BCUT2D eigenvalue weighted by molar-refractivity contribution is -0.0419. The predicted octanol–water partition coefficient (Wildman–Crippen LogP) is 1.54. The number of nitrogens with one attached hydrogen (secondary N) is 1. The SMILES string of the molecule is CCc1nc([C@@H]2CN(CC3CCC3)CCO2)n[nH]1. The van der Waals surface area contributed by atoms with Crippen LogP contribution in [0.5, 0.6) is 0 Å². The molecule has 18 heavy (non-hydrogen) atoms. The Hall–Kier alpha value is -0.940. The van der Waals surface area contributed by atoms with E-state index in [0.717, 1.165) is 43.7 Å². The molecule has 100 valence electrons. The summed E-state index contributed by atoms with van der Waals surface area (Å²) in [5, 5.41) is 7.24. The molecule has 2 fully saturated rings. The van der Waals surface area contributed by atoms with Gasteiger partial charge in [0.25, 0.3) is 0 Å². The molecular formula is C13H22N4O. The average Bonchev–Trinajstić information content (AvgIpc) is 2.83. The molecule has 0 unspecified atom stereocenters. The fourth-order valence-corrected chi connectivity index (χ4v) is 2.68. The summed E-state index contributed by atoms with van der Waals surface area (Å²) in [5.41, 5.74) is 0. The number of nitrogens with zero attached hydrogens (tertiary/aromatic N) is 3. The molecule has 0 amide bonds. The Morgan fingerprint density at radius 1 is 1.44 bits per heavy atom. The topological polar surface area (TPSA) is 54.0 Å². The lowest BCUT2D eigenvalue weighted by Gasteiger charge is -2.36. The predicted molar refractivity (Wildman–Crippen MR) is 68.2 cm³/mol. The largest absolute Gasteiger partial charge is 0.367 e. The monoisotopic (exact) mass is 250 g/mol. The second-order valence-electron chi connectivity index (χ2n) is 5.41. The van der Waals surface area contributed by atoms with Crippen molar-refractivity contribution in [2.24, 2.45) is 5.92 Å². The first-order valence-electron chi connectivity index (χ1n) is 7.10. The highest BCUT2D eigenvalue weighted by molar-refractivity contribution is 4.96. The van der Waals surface area contributed by atoms with Gasteiger partial charge in [-0.05, 0) is 18.8 Å². The molecule has 0 spiro atoms. The van der Waals surface area contributed by atoms with Gasteiger partial charge in [-0.1, -0.05) is 13.3 Å². The molecule has 1 atom stereocenters. The summed E-state index contributed by atoms with van der Waals surface area (Å²) >= 11 is 0. The average molecular weight is 250 g/mol. The van der Waals surface area contributed by atoms with Crippen LogP contribution in [0.3, 0.4) is 0 Å². The highest BCUT2D eigenvalue weighted by atomic mass is 16.5. The zero-order chi connectivity index (χ0) is 12.4. The zero-order valence-corrected chi connectivity index (χ0v) is 11.1. The number of aryl methyl sites for hydroxylation is 1. The molecule has 0 bridgehead atoms. The fourth-order valence-electron chi connectivity index (χ4n) is 2.68. The molecule has 0 radical (unpaired) electrons. The van der Waals surface area contributed by atoms with Gasteiger partial charge in [-0.15, -0.1) is 0 Å². The number of ether oxygens (including phenoxy) is 1. The number of hydrogen-bond acceptors (Lipinski definition) is 4. The van der Waals surface area contributed by atoms with E-state index in [2.05, 4.69) is 27.0 Å². The van der Waals surface area contributed by atoms with Gasteiger partial charge in [0.05, 0.1) is 6.61 Å². The van der Waals surface area contributed by atoms with Crippen LogP contribution in [0.15, 0.2) is 0 Å². The second-order valence-corrected chi connectivity index (χ2v) is 5.41. The fraction of sp³-hybridized carbons (Fsp3) is 0.846. The second kappa shape index (κ2) is 5.36. The molecule has 1 aromatic heterocycles. The van der Waals surface area contributed by atoms with Gasteiger partial charge in [0.2, 0.25) is 0 Å². The Balaban J connectivity index is 1.58. The van der Waals surface area contributed by atoms with E-state index in [9.17, 15) is 0 Å². The van der Waals surface area contributed by atoms with Crippen LogP contribution >= 0.6 is 0 Å². The molecule has 1 N–H and O–H groups in total. The number of morpholine rings is 1. The first-order chi connectivity index (χ1) is 8.85. The lowest BCUT2D eigenvalue weighted by Crippen LogP contribution is -2.42. The molecule has 5 nitrogen and oxygen atoms in total. The highest BCUT2D eigenvalue weighted by Gasteiger charge is 2.28. The molecule has 3 rings (SSSR count). The molecule has 2 heterocycles. The third-order valence-electron chi connectivity index (χ3n) is 4.06. The van der Waals surface area contributed by atoms with E-state index in [0.29, 0.717) is 0 Å². The van der Waals surface area contributed by atoms with Crippen LogP contribution in [0.4, 0.5) is 0 Å². The molecule has 1 aliphatic carbocycles. The van der Waals surface area contributed by atoms with Crippen LogP contribution in [-0.4, -0.2) is 46.3 Å². The Labute approximate surface area is 108 Å². The van der Waals surface area contributed by atoms with E-state index < -0.39 is 0 Å². The molecule has 0 aromatic carbocycles. The van der Waals surface area contributed by atoms with Crippen molar-refractivity contribution in [3.05, 3.63) is 11.6 Å². The Morgan fingerprint density at radius 3 is 3.00 bits per heavy atom. The van der Waals surface area contributed by atoms with E-state index >= 15 is 0 Å². The van der Waals surface area contributed by atoms with Crippen molar-refractivity contribution < 1.29 is 4.74 Å². The summed E-state index contributed by atoms with van der Waals surface area (Å²) in [4.78, 5) is 7.00. The number of rotatable bonds is 4. The first-order valence-corrected chi connectivity index (χ1v) is 7.10. The number of H-pyrrole nitrogens is 1. The van der Waals surface area contributed by atoms with Crippen molar-refractivity contribution in [2.75, 3.05) is 26.2 Å². The summed E-state index contributed by atoms with van der Waals surface area (Å²) in [7, 11) is 0. The van der Waals surface area contributed by atoms with Crippen LogP contribution < -0.4 is 0 Å². The molecular weight excluding hydrogens is 228 g/mol. The standard InChI is InChI=1S/C13H22N4O/c1-2-12-14-13(16-15-12)11-9-17(6-7-18-11)8-10-4-3-5-10/h10-11H,2-9H2,1H3,(H,14,15,16)/t11-/m0/s1. The van der Waals surface area contributed by atoms with Gasteiger partial charge in [-0.3, -0.25) is 10.00 Å². The van der Waals surface area contributed by atoms with E-state index in [1.54, 1.807) is 0 Å². The zero-order valence-electron chi connectivity index (χ0n) is 11.1. The van der Waals surface area contributed by atoms with E-state index in [1.165, 1.54) is 25.8 Å². The van der Waals surface area contributed by atoms with Crippen LogP contribution in [0, 0.1) is 5.92 Å². The number of aromatic nitrogens is 3. The first kappa shape index (κ1) is 12.1. The molecule has 1 saturated carbocycles. The van der Waals surface area contributed by atoms with Gasteiger partial charge in [0.1, 0.15) is 11.9 Å². The Bertz CT molecular complexity index is 388. The van der Waals surface area contributed by atoms with Crippen molar-refractivity contribution in [3.8, 4) is 0 Å². The van der Waals surface area contributed by atoms with Gasteiger partial charge in [0, 0.05) is 26.1 Å². The van der Waals surface area contributed by atoms with Gasteiger partial charge < -0.3 is 4.74 Å². The van der Waals surface area contributed by atoms with Crippen molar-refractivity contribution in [3.63, 3.8) is 0 Å². The lowest BCUT2D eigenvalue weighted by atomic mass is 9.85. The maximum Gasteiger partial charge on any atom is 0.180 e. The number of aromatic amines is 1.